The highest BCUT2D eigenvalue weighted by molar-refractivity contribution is 7.99. The van der Waals surface area contributed by atoms with E-state index in [-0.39, 0.29) is 11.8 Å². The number of benzene rings is 1. The summed E-state index contributed by atoms with van der Waals surface area (Å²) < 4.78 is 0. The number of carboxylic acid groups (broad SMARTS) is 1. The van der Waals surface area contributed by atoms with Crippen molar-refractivity contribution in [1.29, 1.82) is 0 Å². The van der Waals surface area contributed by atoms with Crippen LogP contribution in [-0.4, -0.2) is 52.4 Å². The SMILES string of the molecule is CC1(C)[C@@H](C(=O)O)[C@@H]1C(=O)Nc1ccccc1C(=O)N1CCSCC1. The minimum Gasteiger partial charge on any atom is -0.481 e. The van der Waals surface area contributed by atoms with Crippen LogP contribution in [0.3, 0.4) is 0 Å². The largest absolute Gasteiger partial charge is 0.481 e. The molecule has 0 aromatic heterocycles. The van der Waals surface area contributed by atoms with Gasteiger partial charge < -0.3 is 15.3 Å². The predicted molar refractivity (Wildman–Crippen MR) is 96.7 cm³/mol. The van der Waals surface area contributed by atoms with Gasteiger partial charge >= 0.3 is 5.97 Å². The Morgan fingerprint density at radius 2 is 1.80 bits per heavy atom. The van der Waals surface area contributed by atoms with E-state index in [9.17, 15) is 19.5 Å². The van der Waals surface area contributed by atoms with Gasteiger partial charge in [-0.2, -0.15) is 11.8 Å². The maximum absolute atomic E-state index is 12.8. The number of hydrogen-bond acceptors (Lipinski definition) is 4. The van der Waals surface area contributed by atoms with Gasteiger partial charge in [0, 0.05) is 24.6 Å². The number of nitrogens with one attached hydrogen (secondary N) is 1. The van der Waals surface area contributed by atoms with Gasteiger partial charge in [-0.1, -0.05) is 26.0 Å². The highest BCUT2D eigenvalue weighted by Gasteiger charge is 2.65. The molecule has 2 aliphatic rings. The Labute approximate surface area is 151 Å². The third-order valence-electron chi connectivity index (χ3n) is 5.09. The average Bonchev–Trinajstić information content (AvgIpc) is 3.18. The summed E-state index contributed by atoms with van der Waals surface area (Å²) in [4.78, 5) is 38.4. The molecule has 2 amide bonds. The highest BCUT2D eigenvalue weighted by Crippen LogP contribution is 2.58. The minimum atomic E-state index is -0.958. The van der Waals surface area contributed by atoms with Gasteiger partial charge in [0.05, 0.1) is 23.1 Å². The molecule has 25 heavy (non-hydrogen) atoms. The first kappa shape index (κ1) is 17.8. The van der Waals surface area contributed by atoms with E-state index in [2.05, 4.69) is 5.32 Å². The van der Waals surface area contributed by atoms with Gasteiger partial charge in [-0.05, 0) is 17.5 Å². The Bertz CT molecular complexity index is 713. The molecule has 0 spiro atoms. The molecule has 2 fully saturated rings. The monoisotopic (exact) mass is 362 g/mol. The zero-order valence-electron chi connectivity index (χ0n) is 14.3. The van der Waals surface area contributed by atoms with E-state index < -0.39 is 23.2 Å². The second-order valence-electron chi connectivity index (χ2n) is 7.05. The molecule has 0 unspecified atom stereocenters. The van der Waals surface area contributed by atoms with Gasteiger partial charge in [0.1, 0.15) is 0 Å². The second kappa shape index (κ2) is 6.71. The molecule has 134 valence electrons. The van der Waals surface area contributed by atoms with Crippen LogP contribution in [0.5, 0.6) is 0 Å². The number of aliphatic carboxylic acids is 1. The Morgan fingerprint density at radius 1 is 1.16 bits per heavy atom. The Kier molecular flexibility index (Phi) is 4.77. The normalized spacial score (nSPS) is 24.5. The van der Waals surface area contributed by atoms with Crippen molar-refractivity contribution in [1.82, 2.24) is 4.90 Å². The summed E-state index contributed by atoms with van der Waals surface area (Å²) in [5, 5.41) is 12.0. The zero-order valence-corrected chi connectivity index (χ0v) is 15.1. The van der Waals surface area contributed by atoms with Crippen LogP contribution < -0.4 is 5.32 Å². The summed E-state index contributed by atoms with van der Waals surface area (Å²) in [6.07, 6.45) is 0. The minimum absolute atomic E-state index is 0.0963. The maximum Gasteiger partial charge on any atom is 0.307 e. The predicted octanol–water partition coefficient (Wildman–Crippen LogP) is 2.17. The fourth-order valence-corrected chi connectivity index (χ4v) is 4.42. The van der Waals surface area contributed by atoms with Crippen LogP contribution in [-0.2, 0) is 9.59 Å². The molecule has 1 aliphatic carbocycles. The van der Waals surface area contributed by atoms with Gasteiger partial charge in [-0.25, -0.2) is 0 Å². The van der Waals surface area contributed by atoms with E-state index in [4.69, 9.17) is 0 Å². The van der Waals surface area contributed by atoms with Crippen molar-refractivity contribution in [2.24, 2.45) is 17.3 Å². The van der Waals surface area contributed by atoms with Crippen LogP contribution >= 0.6 is 11.8 Å². The number of carboxylic acids is 1. The molecular weight excluding hydrogens is 340 g/mol. The molecule has 2 atom stereocenters. The molecule has 1 saturated heterocycles. The van der Waals surface area contributed by atoms with E-state index in [1.54, 1.807) is 43.0 Å². The molecule has 3 rings (SSSR count). The summed E-state index contributed by atoms with van der Waals surface area (Å²) in [6.45, 7) is 4.95. The van der Waals surface area contributed by atoms with Crippen molar-refractivity contribution in [3.63, 3.8) is 0 Å². The average molecular weight is 362 g/mol. The lowest BCUT2D eigenvalue weighted by atomic mass is 10.1. The van der Waals surface area contributed by atoms with Crippen LogP contribution in [0.2, 0.25) is 0 Å². The maximum atomic E-state index is 12.8. The Hall–Kier alpha value is -2.02. The second-order valence-corrected chi connectivity index (χ2v) is 8.28. The molecule has 2 N–H and O–H groups in total. The molecule has 7 heteroatoms. The summed E-state index contributed by atoms with van der Waals surface area (Å²) in [5.74, 6) is -0.838. The number of nitrogens with zero attached hydrogens (tertiary/aromatic N) is 1. The fourth-order valence-electron chi connectivity index (χ4n) is 3.51. The summed E-state index contributed by atoms with van der Waals surface area (Å²) in [7, 11) is 0. The van der Waals surface area contributed by atoms with Crippen molar-refractivity contribution in [2.45, 2.75) is 13.8 Å². The molecule has 1 heterocycles. The van der Waals surface area contributed by atoms with Crippen molar-refractivity contribution < 1.29 is 19.5 Å². The fraction of sp³-hybridized carbons (Fsp3) is 0.500. The molecule has 1 saturated carbocycles. The molecule has 6 nitrogen and oxygen atoms in total. The van der Waals surface area contributed by atoms with Gasteiger partial charge in [0.25, 0.3) is 5.91 Å². The number of rotatable bonds is 4. The summed E-state index contributed by atoms with van der Waals surface area (Å²) in [5.41, 5.74) is 0.328. The number of carbonyl (C=O) groups is 3. The summed E-state index contributed by atoms with van der Waals surface area (Å²) >= 11 is 1.82. The smallest absolute Gasteiger partial charge is 0.307 e. The van der Waals surface area contributed by atoms with Crippen molar-refractivity contribution in [2.75, 3.05) is 29.9 Å². The van der Waals surface area contributed by atoms with Gasteiger partial charge in [0.2, 0.25) is 5.91 Å². The van der Waals surface area contributed by atoms with E-state index in [0.717, 1.165) is 11.5 Å². The van der Waals surface area contributed by atoms with Crippen LogP contribution in [0.4, 0.5) is 5.69 Å². The van der Waals surface area contributed by atoms with E-state index in [1.165, 1.54) is 0 Å². The number of amides is 2. The number of para-hydroxylation sites is 1. The van der Waals surface area contributed by atoms with Gasteiger partial charge in [-0.15, -0.1) is 0 Å². The lowest BCUT2D eigenvalue weighted by Gasteiger charge is -2.27. The summed E-state index contributed by atoms with van der Waals surface area (Å²) in [6, 6.07) is 6.91. The molecular formula is C18H22N2O4S. The van der Waals surface area contributed by atoms with Crippen molar-refractivity contribution in [3.05, 3.63) is 29.8 Å². The zero-order chi connectivity index (χ0) is 18.2. The Morgan fingerprint density at radius 3 is 2.40 bits per heavy atom. The van der Waals surface area contributed by atoms with E-state index in [0.29, 0.717) is 24.3 Å². The first-order valence-corrected chi connectivity index (χ1v) is 9.49. The lowest BCUT2D eigenvalue weighted by Crippen LogP contribution is -2.38. The van der Waals surface area contributed by atoms with Crippen LogP contribution in [0, 0.1) is 17.3 Å². The third kappa shape index (κ3) is 3.38. The van der Waals surface area contributed by atoms with Gasteiger partial charge in [0.15, 0.2) is 0 Å². The van der Waals surface area contributed by atoms with E-state index >= 15 is 0 Å². The van der Waals surface area contributed by atoms with Crippen molar-refractivity contribution >= 4 is 35.2 Å². The molecule has 0 radical (unpaired) electrons. The van der Waals surface area contributed by atoms with Crippen LogP contribution in [0.25, 0.3) is 0 Å². The number of anilines is 1. The highest BCUT2D eigenvalue weighted by atomic mass is 32.2. The van der Waals surface area contributed by atoms with Crippen LogP contribution in [0.1, 0.15) is 24.2 Å². The van der Waals surface area contributed by atoms with Crippen molar-refractivity contribution in [3.8, 4) is 0 Å². The molecule has 1 aromatic carbocycles. The third-order valence-corrected chi connectivity index (χ3v) is 6.03. The number of hydrogen-bond donors (Lipinski definition) is 2. The quantitative estimate of drug-likeness (QED) is 0.857. The standard InChI is InChI=1S/C18H22N2O4S/c1-18(2)13(14(18)17(23)24)15(21)19-12-6-4-3-5-11(12)16(22)20-7-9-25-10-8-20/h3-6,13-14H,7-10H2,1-2H3,(H,19,21)(H,23,24)/t13-,14-/m1/s1. The molecule has 1 aromatic rings. The first-order chi connectivity index (χ1) is 11.8. The van der Waals surface area contributed by atoms with Crippen LogP contribution in [0.15, 0.2) is 24.3 Å². The topological polar surface area (TPSA) is 86.7 Å². The lowest BCUT2D eigenvalue weighted by molar-refractivity contribution is -0.140. The number of carbonyl (C=O) groups excluding carboxylic acids is 2. The van der Waals surface area contributed by atoms with E-state index in [1.807, 2.05) is 11.8 Å². The molecule has 1 aliphatic heterocycles. The Balaban J connectivity index is 1.76. The van der Waals surface area contributed by atoms with Gasteiger partial charge in [-0.3, -0.25) is 14.4 Å². The molecule has 0 bridgehead atoms. The first-order valence-electron chi connectivity index (χ1n) is 8.33. The number of thioether (sulfide) groups is 1.